The molecule has 4 rings (SSSR count). The first-order chi connectivity index (χ1) is 14.3. The Morgan fingerprint density at radius 1 is 1.13 bits per heavy atom. The van der Waals surface area contributed by atoms with Crippen molar-refractivity contribution < 1.29 is 9.53 Å². The van der Waals surface area contributed by atoms with E-state index < -0.39 is 5.60 Å². The zero-order chi connectivity index (χ0) is 21.3. The summed E-state index contributed by atoms with van der Waals surface area (Å²) in [6, 6.07) is 9.96. The van der Waals surface area contributed by atoms with Gasteiger partial charge >= 0.3 is 6.09 Å². The van der Waals surface area contributed by atoms with E-state index in [0.29, 0.717) is 0 Å². The summed E-state index contributed by atoms with van der Waals surface area (Å²) in [6.07, 6.45) is 7.25. The number of nitrogens with zero attached hydrogens (tertiary/aromatic N) is 4. The second kappa shape index (κ2) is 7.82. The van der Waals surface area contributed by atoms with E-state index in [1.54, 1.807) is 12.4 Å². The van der Waals surface area contributed by atoms with Crippen LogP contribution in [0.15, 0.2) is 48.9 Å². The van der Waals surface area contributed by atoms with E-state index in [-0.39, 0.29) is 6.09 Å². The number of unbranched alkanes of at least 4 members (excludes halogenated alkanes) is 1. The lowest BCUT2D eigenvalue weighted by Crippen LogP contribution is -2.26. The number of rotatable bonds is 5. The molecule has 7 nitrogen and oxygen atoms in total. The van der Waals surface area contributed by atoms with Gasteiger partial charge in [-0.05, 0) is 45.4 Å². The first-order valence-electron chi connectivity index (χ1n) is 10.3. The van der Waals surface area contributed by atoms with Gasteiger partial charge in [0.1, 0.15) is 11.4 Å². The highest BCUT2D eigenvalue weighted by atomic mass is 16.6. The number of hydrogen-bond donors (Lipinski definition) is 1. The highest BCUT2D eigenvalue weighted by molar-refractivity contribution is 5.90. The molecular formula is C23H27N5O2. The van der Waals surface area contributed by atoms with E-state index in [1.165, 1.54) is 4.57 Å². The monoisotopic (exact) mass is 405 g/mol. The van der Waals surface area contributed by atoms with Crippen LogP contribution in [0.4, 0.5) is 10.6 Å². The summed E-state index contributed by atoms with van der Waals surface area (Å²) in [6.45, 7) is 8.63. The minimum Gasteiger partial charge on any atom is -0.443 e. The molecule has 156 valence electrons. The molecule has 0 unspecified atom stereocenters. The van der Waals surface area contributed by atoms with Gasteiger partial charge in [-0.3, -0.25) is 4.57 Å². The van der Waals surface area contributed by atoms with Gasteiger partial charge in [0.15, 0.2) is 5.65 Å². The number of carbonyl (C=O) groups is 1. The van der Waals surface area contributed by atoms with Gasteiger partial charge in [-0.2, -0.15) is 0 Å². The highest BCUT2D eigenvalue weighted by Crippen LogP contribution is 2.26. The fraction of sp³-hybridized carbons (Fsp3) is 0.348. The number of aromatic nitrogens is 4. The molecule has 0 fully saturated rings. The van der Waals surface area contributed by atoms with Crippen molar-refractivity contribution in [2.75, 3.05) is 11.9 Å². The van der Waals surface area contributed by atoms with Crippen LogP contribution in [0.25, 0.3) is 27.7 Å². The van der Waals surface area contributed by atoms with Crippen molar-refractivity contribution in [3.63, 3.8) is 0 Å². The minimum atomic E-state index is -0.538. The molecule has 0 amide bonds. The molecule has 0 aliphatic heterocycles. The van der Waals surface area contributed by atoms with Gasteiger partial charge in [-0.15, -0.1) is 5.10 Å². The van der Waals surface area contributed by atoms with E-state index in [1.807, 2.05) is 61.8 Å². The average molecular weight is 406 g/mol. The lowest BCUT2D eigenvalue weighted by atomic mass is 10.1. The minimum absolute atomic E-state index is 0.389. The first-order valence-corrected chi connectivity index (χ1v) is 10.3. The smallest absolute Gasteiger partial charge is 0.418 e. The number of anilines is 1. The van der Waals surface area contributed by atoms with Crippen molar-refractivity contribution >= 4 is 28.3 Å². The number of carbonyl (C=O) groups excluding carboxylic acids is 1. The van der Waals surface area contributed by atoms with Crippen LogP contribution < -0.4 is 5.32 Å². The van der Waals surface area contributed by atoms with Crippen LogP contribution in [0, 0.1) is 0 Å². The van der Waals surface area contributed by atoms with E-state index in [9.17, 15) is 4.79 Å². The molecule has 3 heterocycles. The van der Waals surface area contributed by atoms with Crippen LogP contribution in [0.1, 0.15) is 40.5 Å². The third-order valence-electron chi connectivity index (χ3n) is 4.74. The maximum atomic E-state index is 12.4. The van der Waals surface area contributed by atoms with Crippen molar-refractivity contribution in [3.05, 3.63) is 48.9 Å². The van der Waals surface area contributed by atoms with Gasteiger partial charge in [0.2, 0.25) is 0 Å². The van der Waals surface area contributed by atoms with E-state index in [2.05, 4.69) is 17.2 Å². The third-order valence-corrected chi connectivity index (χ3v) is 4.74. The number of fused-ring (bicyclic) bond motifs is 2. The zero-order valence-electron chi connectivity index (χ0n) is 17.8. The Labute approximate surface area is 175 Å². The fourth-order valence-corrected chi connectivity index (χ4v) is 3.28. The van der Waals surface area contributed by atoms with Gasteiger partial charge < -0.3 is 10.1 Å². The summed E-state index contributed by atoms with van der Waals surface area (Å²) in [4.78, 5) is 16.9. The van der Waals surface area contributed by atoms with E-state index >= 15 is 0 Å². The van der Waals surface area contributed by atoms with Crippen molar-refractivity contribution in [1.29, 1.82) is 0 Å². The summed E-state index contributed by atoms with van der Waals surface area (Å²) >= 11 is 0. The lowest BCUT2D eigenvalue weighted by Gasteiger charge is -2.19. The summed E-state index contributed by atoms with van der Waals surface area (Å²) in [7, 11) is 0. The van der Waals surface area contributed by atoms with Crippen molar-refractivity contribution in [2.24, 2.45) is 0 Å². The van der Waals surface area contributed by atoms with Gasteiger partial charge in [0.05, 0.1) is 11.9 Å². The van der Waals surface area contributed by atoms with Gasteiger partial charge in [0, 0.05) is 35.3 Å². The maximum absolute atomic E-state index is 12.4. The van der Waals surface area contributed by atoms with Crippen molar-refractivity contribution in [1.82, 2.24) is 19.2 Å². The maximum Gasteiger partial charge on any atom is 0.418 e. The third kappa shape index (κ3) is 4.15. The molecule has 1 aromatic carbocycles. The van der Waals surface area contributed by atoms with E-state index in [4.69, 9.17) is 9.84 Å². The van der Waals surface area contributed by atoms with Crippen molar-refractivity contribution in [3.8, 4) is 11.3 Å². The van der Waals surface area contributed by atoms with Crippen LogP contribution in [0.5, 0.6) is 0 Å². The zero-order valence-corrected chi connectivity index (χ0v) is 17.8. The Bertz CT molecular complexity index is 1200. The molecule has 0 saturated heterocycles. The molecule has 0 atom stereocenters. The Kier molecular flexibility index (Phi) is 5.20. The molecule has 0 spiro atoms. The number of hydrogen-bond acceptors (Lipinski definition) is 5. The van der Waals surface area contributed by atoms with Crippen LogP contribution >= 0.6 is 0 Å². The van der Waals surface area contributed by atoms with Gasteiger partial charge in [0.25, 0.3) is 0 Å². The average Bonchev–Trinajstić information content (AvgIpc) is 3.30. The molecule has 0 saturated carbocycles. The lowest BCUT2D eigenvalue weighted by molar-refractivity contribution is 0.0538. The highest BCUT2D eigenvalue weighted by Gasteiger charge is 2.18. The van der Waals surface area contributed by atoms with Crippen LogP contribution in [-0.4, -0.2) is 37.4 Å². The molecule has 0 aliphatic carbocycles. The topological polar surface area (TPSA) is 73.5 Å². The molecule has 7 heteroatoms. The predicted molar refractivity (Wildman–Crippen MR) is 119 cm³/mol. The summed E-state index contributed by atoms with van der Waals surface area (Å²) in [5.41, 5.74) is 2.13. The van der Waals surface area contributed by atoms with Crippen LogP contribution in [0.3, 0.4) is 0 Å². The molecule has 4 aromatic rings. The number of benzene rings is 1. The number of nitrogens with one attached hydrogen (secondary N) is 1. The van der Waals surface area contributed by atoms with Gasteiger partial charge in [-0.25, -0.2) is 14.3 Å². The Balaban J connectivity index is 1.66. The SMILES string of the molecule is CCCCNc1ccc2ncc(-c3ccc4cn(C(=O)OC(C)(C)C)cc4c3)n2n1. The Hall–Kier alpha value is -3.35. The standard InChI is InChI=1S/C23H27N5O2/c1-5-6-11-24-20-9-10-21-25-13-19(28(21)26-20)16-7-8-17-14-27(15-18(17)12-16)22(29)30-23(2,3)4/h7-10,12-15H,5-6,11H2,1-4H3,(H,24,26). The second-order valence-corrected chi connectivity index (χ2v) is 8.40. The Morgan fingerprint density at radius 2 is 1.93 bits per heavy atom. The van der Waals surface area contributed by atoms with Crippen LogP contribution in [0.2, 0.25) is 0 Å². The van der Waals surface area contributed by atoms with E-state index in [0.717, 1.165) is 52.9 Å². The summed E-state index contributed by atoms with van der Waals surface area (Å²) in [5.74, 6) is 0.826. The number of ether oxygens (including phenoxy) is 1. The predicted octanol–water partition coefficient (Wildman–Crippen LogP) is 5.35. The molecule has 0 radical (unpaired) electrons. The van der Waals surface area contributed by atoms with Crippen molar-refractivity contribution in [2.45, 2.75) is 46.1 Å². The molecule has 0 aliphatic rings. The summed E-state index contributed by atoms with van der Waals surface area (Å²) in [5, 5.41) is 9.97. The Morgan fingerprint density at radius 3 is 2.70 bits per heavy atom. The number of imidazole rings is 1. The molecule has 1 N–H and O–H groups in total. The quantitative estimate of drug-likeness (QED) is 0.453. The molecule has 0 bridgehead atoms. The fourth-order valence-electron chi connectivity index (χ4n) is 3.28. The second-order valence-electron chi connectivity index (χ2n) is 8.40. The first kappa shape index (κ1) is 19.9. The molecule has 3 aromatic heterocycles. The van der Waals surface area contributed by atoms with Crippen LogP contribution in [-0.2, 0) is 4.74 Å². The molecular weight excluding hydrogens is 378 g/mol. The molecule has 30 heavy (non-hydrogen) atoms. The summed E-state index contributed by atoms with van der Waals surface area (Å²) < 4.78 is 8.80. The largest absolute Gasteiger partial charge is 0.443 e. The normalized spacial score (nSPS) is 11.9. The van der Waals surface area contributed by atoms with Gasteiger partial charge in [-0.1, -0.05) is 25.5 Å².